The van der Waals surface area contributed by atoms with Crippen LogP contribution in [-0.2, 0) is 17.8 Å². The van der Waals surface area contributed by atoms with Crippen molar-refractivity contribution in [2.75, 3.05) is 25.5 Å². The summed E-state index contributed by atoms with van der Waals surface area (Å²) in [6.07, 6.45) is 2.73. The van der Waals surface area contributed by atoms with Gasteiger partial charge in [0.25, 0.3) is 0 Å². The number of hydrogen-bond donors (Lipinski definition) is 2. The van der Waals surface area contributed by atoms with Gasteiger partial charge >= 0.3 is 0 Å². The molecule has 0 radical (unpaired) electrons. The number of likely N-dealkylation sites (N-methyl/N-ethyl adjacent to an activating group) is 1. The summed E-state index contributed by atoms with van der Waals surface area (Å²) in [6.45, 7) is 1.41. The van der Waals surface area contributed by atoms with Gasteiger partial charge in [-0.05, 0) is 67.9 Å². The van der Waals surface area contributed by atoms with Crippen LogP contribution < -0.4 is 10.6 Å². The van der Waals surface area contributed by atoms with Crippen LogP contribution in [0.3, 0.4) is 0 Å². The number of amides is 1. The third-order valence-electron chi connectivity index (χ3n) is 4.95. The van der Waals surface area contributed by atoms with E-state index in [2.05, 4.69) is 25.6 Å². The lowest BCUT2D eigenvalue weighted by atomic mass is 10.0. The molecule has 0 saturated heterocycles. The molecule has 0 saturated carbocycles. The van der Waals surface area contributed by atoms with Crippen LogP contribution >= 0.6 is 0 Å². The van der Waals surface area contributed by atoms with Crippen LogP contribution in [0.2, 0.25) is 0 Å². The van der Waals surface area contributed by atoms with E-state index in [9.17, 15) is 9.18 Å². The molecule has 0 aliphatic carbocycles. The fourth-order valence-corrected chi connectivity index (χ4v) is 3.41. The van der Waals surface area contributed by atoms with Crippen LogP contribution in [0.1, 0.15) is 17.5 Å². The molecule has 0 spiro atoms. The fraction of sp³-hybridized carbons (Fsp3) is 0.273. The van der Waals surface area contributed by atoms with Gasteiger partial charge in [-0.25, -0.2) is 14.4 Å². The number of anilines is 2. The summed E-state index contributed by atoms with van der Waals surface area (Å²) in [4.78, 5) is 27.1. The van der Waals surface area contributed by atoms with Crippen molar-refractivity contribution in [3.63, 3.8) is 0 Å². The van der Waals surface area contributed by atoms with Crippen LogP contribution in [0, 0.1) is 5.82 Å². The molecule has 0 unspecified atom stereocenters. The molecular formula is C22H23FN6O. The van der Waals surface area contributed by atoms with Gasteiger partial charge in [0.05, 0.1) is 6.54 Å². The zero-order valence-corrected chi connectivity index (χ0v) is 16.7. The minimum absolute atomic E-state index is 0.0488. The number of hydrogen-bond acceptors (Lipinski definition) is 6. The van der Waals surface area contributed by atoms with Gasteiger partial charge in [0.15, 0.2) is 5.82 Å². The van der Waals surface area contributed by atoms with E-state index in [4.69, 9.17) is 0 Å². The molecule has 1 aliphatic heterocycles. The Hall–Kier alpha value is -3.39. The maximum atomic E-state index is 14.3. The van der Waals surface area contributed by atoms with Crippen molar-refractivity contribution >= 4 is 17.5 Å². The summed E-state index contributed by atoms with van der Waals surface area (Å²) in [7, 11) is 1.89. The van der Waals surface area contributed by atoms with Crippen molar-refractivity contribution in [3.8, 4) is 11.4 Å². The molecule has 2 N–H and O–H groups in total. The van der Waals surface area contributed by atoms with Gasteiger partial charge in [-0.2, -0.15) is 4.98 Å². The quantitative estimate of drug-likeness (QED) is 0.597. The molecule has 154 valence electrons. The van der Waals surface area contributed by atoms with Crippen molar-refractivity contribution in [3.05, 3.63) is 65.7 Å². The first-order valence-corrected chi connectivity index (χ1v) is 9.86. The Bertz CT molecular complexity index is 1060. The third kappa shape index (κ3) is 4.96. The van der Waals surface area contributed by atoms with Gasteiger partial charge < -0.3 is 10.6 Å². The Morgan fingerprint density at radius 1 is 1.13 bits per heavy atom. The second kappa shape index (κ2) is 8.96. The lowest BCUT2D eigenvalue weighted by molar-refractivity contribution is -0.122. The van der Waals surface area contributed by atoms with Crippen LogP contribution in [0.25, 0.3) is 11.4 Å². The average Bonchev–Trinajstić information content (AvgIpc) is 2.73. The van der Waals surface area contributed by atoms with Gasteiger partial charge in [0.1, 0.15) is 12.1 Å². The summed E-state index contributed by atoms with van der Waals surface area (Å²) in [5, 5.41) is 6.10. The van der Waals surface area contributed by atoms with E-state index in [0.717, 1.165) is 23.2 Å². The number of nitrogens with one attached hydrogen (secondary N) is 2. The number of carbonyl (C=O) groups excluding carboxylic acids is 1. The van der Waals surface area contributed by atoms with E-state index >= 15 is 0 Å². The average molecular weight is 406 g/mol. The molecule has 7 nitrogen and oxygen atoms in total. The van der Waals surface area contributed by atoms with Crippen LogP contribution in [-0.4, -0.2) is 45.9 Å². The molecule has 2 aromatic carbocycles. The standard InChI is InChI=1S/C22H23FN6O/c1-29-9-3-5-16-11-17(7-8-19(16)23)21-25-14-26-22(28-21)27-18-6-2-4-15(10-18)12-24-20(30)13-29/h2,4,6-8,10-11,14H,3,5,9,12-13H2,1H3,(H,24,30)(H,25,26,27,28). The number of rotatable bonds is 0. The maximum Gasteiger partial charge on any atom is 0.234 e. The number of benzene rings is 2. The van der Waals surface area contributed by atoms with E-state index in [-0.39, 0.29) is 11.7 Å². The molecule has 3 aromatic rings. The normalized spacial score (nSPS) is 15.5. The van der Waals surface area contributed by atoms with Gasteiger partial charge in [0, 0.05) is 17.8 Å². The molecule has 1 amide bonds. The van der Waals surface area contributed by atoms with E-state index in [1.807, 2.05) is 36.2 Å². The number of halogens is 1. The van der Waals surface area contributed by atoms with Crippen molar-refractivity contribution in [1.29, 1.82) is 0 Å². The second-order valence-corrected chi connectivity index (χ2v) is 7.38. The van der Waals surface area contributed by atoms with E-state index < -0.39 is 0 Å². The fourth-order valence-electron chi connectivity index (χ4n) is 3.41. The zero-order chi connectivity index (χ0) is 20.9. The Labute approximate surface area is 174 Å². The predicted octanol–water partition coefficient (Wildman–Crippen LogP) is 2.92. The number of fused-ring (bicyclic) bond motifs is 7. The van der Waals surface area contributed by atoms with E-state index in [0.29, 0.717) is 43.4 Å². The number of carbonyl (C=O) groups is 1. The number of nitrogens with zero attached hydrogens (tertiary/aromatic N) is 4. The minimum Gasteiger partial charge on any atom is -0.351 e. The summed E-state index contributed by atoms with van der Waals surface area (Å²) >= 11 is 0. The highest BCUT2D eigenvalue weighted by molar-refractivity contribution is 5.78. The number of aromatic nitrogens is 3. The topological polar surface area (TPSA) is 83.0 Å². The molecule has 4 rings (SSSR count). The second-order valence-electron chi connectivity index (χ2n) is 7.38. The molecule has 8 heteroatoms. The zero-order valence-electron chi connectivity index (χ0n) is 16.7. The van der Waals surface area contributed by atoms with Crippen LogP contribution in [0.4, 0.5) is 16.0 Å². The largest absolute Gasteiger partial charge is 0.351 e. The Kier molecular flexibility index (Phi) is 5.94. The lowest BCUT2D eigenvalue weighted by Gasteiger charge is -2.17. The Morgan fingerprint density at radius 2 is 2.03 bits per heavy atom. The first kappa shape index (κ1) is 19.9. The van der Waals surface area contributed by atoms with Crippen molar-refractivity contribution in [2.45, 2.75) is 19.4 Å². The van der Waals surface area contributed by atoms with Crippen molar-refractivity contribution < 1.29 is 9.18 Å². The smallest absolute Gasteiger partial charge is 0.234 e. The minimum atomic E-state index is -0.252. The van der Waals surface area contributed by atoms with Crippen LogP contribution in [0.5, 0.6) is 0 Å². The molecule has 1 aromatic heterocycles. The molecular weight excluding hydrogens is 383 g/mol. The van der Waals surface area contributed by atoms with Crippen molar-refractivity contribution in [1.82, 2.24) is 25.2 Å². The number of aryl methyl sites for hydroxylation is 1. The molecule has 0 fully saturated rings. The molecule has 30 heavy (non-hydrogen) atoms. The summed E-state index contributed by atoms with van der Waals surface area (Å²) in [5.74, 6) is 0.579. The SMILES string of the molecule is CN1CCCc2cc(ccc2F)-c2ncnc(n2)Nc2cccc(c2)CNC(=O)C1. The summed E-state index contributed by atoms with van der Waals surface area (Å²) < 4.78 is 14.3. The monoisotopic (exact) mass is 406 g/mol. The van der Waals surface area contributed by atoms with Crippen LogP contribution in [0.15, 0.2) is 48.8 Å². The van der Waals surface area contributed by atoms with Gasteiger partial charge in [0.2, 0.25) is 11.9 Å². The highest BCUT2D eigenvalue weighted by Crippen LogP contribution is 2.22. The van der Waals surface area contributed by atoms with Crippen molar-refractivity contribution in [2.24, 2.45) is 0 Å². The van der Waals surface area contributed by atoms with E-state index in [1.165, 1.54) is 12.4 Å². The summed E-state index contributed by atoms with van der Waals surface area (Å²) in [5.41, 5.74) is 3.11. The van der Waals surface area contributed by atoms with Gasteiger partial charge in [-0.3, -0.25) is 9.69 Å². The van der Waals surface area contributed by atoms with Gasteiger partial charge in [-0.15, -0.1) is 0 Å². The Morgan fingerprint density at radius 3 is 2.93 bits per heavy atom. The third-order valence-corrected chi connectivity index (χ3v) is 4.95. The summed E-state index contributed by atoms with van der Waals surface area (Å²) in [6, 6.07) is 12.6. The lowest BCUT2D eigenvalue weighted by Crippen LogP contribution is -2.35. The van der Waals surface area contributed by atoms with Gasteiger partial charge in [-0.1, -0.05) is 12.1 Å². The molecule has 1 aliphatic rings. The highest BCUT2D eigenvalue weighted by Gasteiger charge is 2.11. The first-order valence-electron chi connectivity index (χ1n) is 9.86. The van der Waals surface area contributed by atoms with E-state index in [1.54, 1.807) is 12.1 Å². The highest BCUT2D eigenvalue weighted by atomic mass is 19.1. The first-order chi connectivity index (χ1) is 14.6. The molecule has 2 heterocycles. The maximum absolute atomic E-state index is 14.3. The predicted molar refractivity (Wildman–Crippen MR) is 113 cm³/mol. The Balaban J connectivity index is 1.68. The molecule has 0 atom stereocenters. The molecule has 6 bridgehead atoms.